The van der Waals surface area contributed by atoms with E-state index in [0.29, 0.717) is 24.7 Å². The van der Waals surface area contributed by atoms with Crippen LogP contribution in [0.3, 0.4) is 0 Å². The highest BCUT2D eigenvalue weighted by atomic mass is 32.2. The van der Waals surface area contributed by atoms with Crippen LogP contribution in [0.4, 0.5) is 10.5 Å². The van der Waals surface area contributed by atoms with E-state index in [-0.39, 0.29) is 10.9 Å². The Labute approximate surface area is 165 Å². The van der Waals surface area contributed by atoms with Gasteiger partial charge in [0.25, 0.3) is 0 Å². The van der Waals surface area contributed by atoms with Crippen LogP contribution in [0.5, 0.6) is 0 Å². The molecule has 1 aliphatic heterocycles. The molecule has 0 unspecified atom stereocenters. The fourth-order valence-electron chi connectivity index (χ4n) is 2.97. The highest BCUT2D eigenvalue weighted by Gasteiger charge is 2.18. The number of benzene rings is 1. The van der Waals surface area contributed by atoms with Crippen molar-refractivity contribution in [1.82, 2.24) is 20.3 Å². The summed E-state index contributed by atoms with van der Waals surface area (Å²) in [5, 5.41) is 8.67. The van der Waals surface area contributed by atoms with E-state index in [2.05, 4.69) is 25.7 Å². The number of pyridine rings is 1. The molecule has 2 amide bonds. The number of aromatic nitrogens is 1. The summed E-state index contributed by atoms with van der Waals surface area (Å²) in [4.78, 5) is 16.1. The lowest BCUT2D eigenvalue weighted by Gasteiger charge is -2.22. The molecule has 1 aromatic heterocycles. The van der Waals surface area contributed by atoms with Crippen LogP contribution in [0.25, 0.3) is 0 Å². The predicted octanol–water partition coefficient (Wildman–Crippen LogP) is 1.68. The molecule has 0 radical (unpaired) electrons. The predicted molar refractivity (Wildman–Crippen MR) is 107 cm³/mol. The van der Waals surface area contributed by atoms with Crippen LogP contribution in [0.1, 0.15) is 18.4 Å². The lowest BCUT2D eigenvalue weighted by molar-refractivity contribution is 0.251. The van der Waals surface area contributed by atoms with Crippen molar-refractivity contribution in [1.29, 1.82) is 0 Å². The highest BCUT2D eigenvalue weighted by molar-refractivity contribution is 7.89. The first-order valence-electron chi connectivity index (χ1n) is 9.27. The smallest absolute Gasteiger partial charge is 0.319 e. The van der Waals surface area contributed by atoms with Gasteiger partial charge in [0.05, 0.1) is 4.90 Å². The summed E-state index contributed by atoms with van der Waals surface area (Å²) in [6.45, 7) is 2.65. The third-order valence-corrected chi connectivity index (χ3v) is 6.06. The zero-order valence-corrected chi connectivity index (χ0v) is 16.3. The minimum atomic E-state index is -3.56. The third-order valence-electron chi connectivity index (χ3n) is 4.62. The van der Waals surface area contributed by atoms with Crippen molar-refractivity contribution in [3.63, 3.8) is 0 Å². The minimum absolute atomic E-state index is 0.183. The molecular weight excluding hydrogens is 378 g/mol. The number of urea groups is 1. The largest absolute Gasteiger partial charge is 0.334 e. The van der Waals surface area contributed by atoms with E-state index in [1.54, 1.807) is 30.6 Å². The molecule has 150 valence electrons. The van der Waals surface area contributed by atoms with Crippen molar-refractivity contribution >= 4 is 21.7 Å². The summed E-state index contributed by atoms with van der Waals surface area (Å²) in [5.41, 5.74) is 1.40. The first kappa shape index (κ1) is 20.2. The molecule has 2 heterocycles. The van der Waals surface area contributed by atoms with Crippen molar-refractivity contribution in [3.8, 4) is 0 Å². The number of rotatable bonds is 7. The Bertz CT molecular complexity index is 866. The second-order valence-corrected chi connectivity index (χ2v) is 8.51. The van der Waals surface area contributed by atoms with Gasteiger partial charge in [-0.1, -0.05) is 6.07 Å². The molecule has 2 aromatic rings. The molecule has 9 heteroatoms. The molecule has 0 spiro atoms. The Morgan fingerprint density at radius 1 is 1.14 bits per heavy atom. The van der Waals surface area contributed by atoms with Crippen molar-refractivity contribution in [3.05, 3.63) is 54.4 Å². The Kier molecular flexibility index (Phi) is 6.96. The molecule has 28 heavy (non-hydrogen) atoms. The maximum absolute atomic E-state index is 12.4. The molecule has 0 bridgehead atoms. The molecule has 0 atom stereocenters. The zero-order valence-electron chi connectivity index (χ0n) is 15.5. The summed E-state index contributed by atoms with van der Waals surface area (Å²) < 4.78 is 27.6. The first-order valence-corrected chi connectivity index (χ1v) is 10.8. The summed E-state index contributed by atoms with van der Waals surface area (Å²) in [6, 6.07) is 9.41. The highest BCUT2D eigenvalue weighted by Crippen LogP contribution is 2.16. The average Bonchev–Trinajstić information content (AvgIpc) is 2.73. The quantitative estimate of drug-likeness (QED) is 0.562. The van der Waals surface area contributed by atoms with Gasteiger partial charge in [-0.2, -0.15) is 0 Å². The molecular formula is C19H25N5O3S. The van der Waals surface area contributed by atoms with E-state index in [1.165, 1.54) is 12.1 Å². The van der Waals surface area contributed by atoms with Gasteiger partial charge < -0.3 is 16.0 Å². The number of carbonyl (C=O) groups excluding carboxylic acids is 1. The summed E-state index contributed by atoms with van der Waals surface area (Å²) >= 11 is 0. The number of carbonyl (C=O) groups is 1. The normalized spacial score (nSPS) is 15.1. The van der Waals surface area contributed by atoms with Crippen LogP contribution in [0.15, 0.2) is 53.7 Å². The maximum atomic E-state index is 12.4. The molecule has 1 saturated heterocycles. The first-order chi connectivity index (χ1) is 13.5. The molecule has 0 aliphatic carbocycles. The van der Waals surface area contributed by atoms with Gasteiger partial charge in [-0.3, -0.25) is 4.98 Å². The van der Waals surface area contributed by atoms with Crippen LogP contribution in [-0.2, 0) is 16.6 Å². The second kappa shape index (κ2) is 9.63. The molecule has 1 aliphatic rings. The number of nitrogens with zero attached hydrogens (tertiary/aromatic N) is 1. The zero-order chi connectivity index (χ0) is 19.8. The Balaban J connectivity index is 1.49. The second-order valence-electron chi connectivity index (χ2n) is 6.74. The fraction of sp³-hybridized carbons (Fsp3) is 0.368. The van der Waals surface area contributed by atoms with Gasteiger partial charge in [0.15, 0.2) is 0 Å². The van der Waals surface area contributed by atoms with Crippen LogP contribution < -0.4 is 20.7 Å². The van der Waals surface area contributed by atoms with E-state index in [4.69, 9.17) is 0 Å². The summed E-state index contributed by atoms with van der Waals surface area (Å²) in [5.74, 6) is 0.362. The lowest BCUT2D eigenvalue weighted by Crippen LogP contribution is -2.35. The van der Waals surface area contributed by atoms with Gasteiger partial charge in [-0.15, -0.1) is 0 Å². The van der Waals surface area contributed by atoms with Gasteiger partial charge in [-0.25, -0.2) is 17.9 Å². The van der Waals surface area contributed by atoms with Crippen LogP contribution in [0.2, 0.25) is 0 Å². The SMILES string of the molecule is O=C(NCc1cccnc1)Nc1ccc(S(=O)(=O)NCC2CCNCC2)cc1. The monoisotopic (exact) mass is 403 g/mol. The van der Waals surface area contributed by atoms with E-state index in [9.17, 15) is 13.2 Å². The van der Waals surface area contributed by atoms with Crippen molar-refractivity contribution < 1.29 is 13.2 Å². The van der Waals surface area contributed by atoms with Gasteiger partial charge in [-0.05, 0) is 67.7 Å². The van der Waals surface area contributed by atoms with E-state index in [1.807, 2.05) is 6.07 Å². The lowest BCUT2D eigenvalue weighted by atomic mass is 9.99. The van der Waals surface area contributed by atoms with Crippen molar-refractivity contribution in [2.45, 2.75) is 24.3 Å². The van der Waals surface area contributed by atoms with Crippen molar-refractivity contribution in [2.24, 2.45) is 5.92 Å². The molecule has 8 nitrogen and oxygen atoms in total. The van der Waals surface area contributed by atoms with Crippen LogP contribution >= 0.6 is 0 Å². The van der Waals surface area contributed by atoms with Gasteiger partial charge in [0, 0.05) is 31.2 Å². The summed E-state index contributed by atoms with van der Waals surface area (Å²) in [6.07, 6.45) is 5.29. The van der Waals surface area contributed by atoms with Gasteiger partial charge >= 0.3 is 6.03 Å². The number of sulfonamides is 1. The maximum Gasteiger partial charge on any atom is 0.319 e. The van der Waals surface area contributed by atoms with E-state index >= 15 is 0 Å². The molecule has 3 rings (SSSR count). The number of hydrogen-bond donors (Lipinski definition) is 4. The Morgan fingerprint density at radius 3 is 2.57 bits per heavy atom. The standard InChI is InChI=1S/C19H25N5O3S/c25-19(22-13-16-2-1-9-21-12-16)24-17-3-5-18(6-4-17)28(26,27)23-14-15-7-10-20-11-8-15/h1-6,9,12,15,20,23H,7-8,10-11,13-14H2,(H2,22,24,25). The number of nitrogens with one attached hydrogen (secondary N) is 4. The molecule has 0 saturated carbocycles. The molecule has 1 aromatic carbocycles. The van der Waals surface area contributed by atoms with E-state index in [0.717, 1.165) is 31.5 Å². The topological polar surface area (TPSA) is 112 Å². The number of hydrogen-bond acceptors (Lipinski definition) is 5. The number of anilines is 1. The van der Waals surface area contributed by atoms with Gasteiger partial charge in [0.2, 0.25) is 10.0 Å². The third kappa shape index (κ3) is 6.01. The Morgan fingerprint density at radius 2 is 1.89 bits per heavy atom. The van der Waals surface area contributed by atoms with Gasteiger partial charge in [0.1, 0.15) is 0 Å². The van der Waals surface area contributed by atoms with Crippen molar-refractivity contribution in [2.75, 3.05) is 25.0 Å². The number of amides is 2. The Hall–Kier alpha value is -2.49. The fourth-order valence-corrected chi connectivity index (χ4v) is 4.09. The average molecular weight is 404 g/mol. The molecule has 1 fully saturated rings. The number of piperidine rings is 1. The molecule has 4 N–H and O–H groups in total. The summed E-state index contributed by atoms with van der Waals surface area (Å²) in [7, 11) is -3.56. The van der Waals surface area contributed by atoms with E-state index < -0.39 is 10.0 Å². The minimum Gasteiger partial charge on any atom is -0.334 e. The van der Waals surface area contributed by atoms with Crippen LogP contribution in [-0.4, -0.2) is 39.1 Å². The van der Waals surface area contributed by atoms with Crippen LogP contribution in [0, 0.1) is 5.92 Å².